The minimum absolute atomic E-state index is 0.267. The second-order valence-corrected chi connectivity index (χ2v) is 7.93. The zero-order valence-corrected chi connectivity index (χ0v) is 15.9. The number of carbonyl (C=O) groups is 1. The van der Waals surface area contributed by atoms with Gasteiger partial charge in [-0.25, -0.2) is 8.42 Å². The topological polar surface area (TPSA) is 69.7 Å². The molecule has 0 aliphatic rings. The third-order valence-electron chi connectivity index (χ3n) is 3.70. The van der Waals surface area contributed by atoms with Crippen LogP contribution in [0.4, 0.5) is 11.4 Å². The van der Waals surface area contributed by atoms with Crippen LogP contribution in [0.2, 0.25) is 0 Å². The molecule has 0 bridgehead atoms. The van der Waals surface area contributed by atoms with Crippen LogP contribution in [-0.2, 0) is 14.8 Å². The summed E-state index contributed by atoms with van der Waals surface area (Å²) in [5.41, 5.74) is 2.40. The van der Waals surface area contributed by atoms with Crippen molar-refractivity contribution < 1.29 is 13.2 Å². The van der Waals surface area contributed by atoms with E-state index in [1.165, 1.54) is 13.1 Å². The van der Waals surface area contributed by atoms with Crippen molar-refractivity contribution in [3.63, 3.8) is 0 Å². The first-order valence-electron chi connectivity index (χ1n) is 8.04. The van der Waals surface area contributed by atoms with E-state index in [0.29, 0.717) is 5.69 Å². The summed E-state index contributed by atoms with van der Waals surface area (Å²) in [6.45, 7) is -0.267. The van der Waals surface area contributed by atoms with Gasteiger partial charge in [-0.2, -0.15) is 4.31 Å². The molecule has 0 spiro atoms. The molecule has 0 unspecified atom stereocenters. The molecule has 7 heteroatoms. The lowest BCUT2D eigenvalue weighted by Crippen LogP contribution is -2.33. The Bertz CT molecular complexity index is 861. The Kier molecular flexibility index (Phi) is 6.54. The predicted molar refractivity (Wildman–Crippen MR) is 106 cm³/mol. The molecule has 0 radical (unpaired) electrons. The van der Waals surface area contributed by atoms with Crippen molar-refractivity contribution in [3.05, 3.63) is 65.6 Å². The zero-order valence-electron chi connectivity index (χ0n) is 15.1. The maximum absolute atomic E-state index is 12.3. The van der Waals surface area contributed by atoms with Crippen LogP contribution in [-0.4, -0.2) is 46.3 Å². The van der Waals surface area contributed by atoms with Crippen molar-refractivity contribution in [2.75, 3.05) is 37.9 Å². The highest BCUT2D eigenvalue weighted by molar-refractivity contribution is 7.92. The molecule has 0 saturated carbocycles. The summed E-state index contributed by atoms with van der Waals surface area (Å²) in [6, 6.07) is 16.4. The van der Waals surface area contributed by atoms with E-state index in [-0.39, 0.29) is 6.54 Å². The zero-order chi connectivity index (χ0) is 19.2. The summed E-state index contributed by atoms with van der Waals surface area (Å²) in [5, 5.41) is 3.80. The van der Waals surface area contributed by atoms with Crippen LogP contribution in [0, 0.1) is 0 Å². The van der Waals surface area contributed by atoms with E-state index in [0.717, 1.165) is 21.0 Å². The van der Waals surface area contributed by atoms with Crippen LogP contribution in [0.1, 0.15) is 5.56 Å². The minimum atomic E-state index is -3.68. The molecule has 0 fully saturated rings. The highest BCUT2D eigenvalue weighted by Crippen LogP contribution is 2.15. The third-order valence-corrected chi connectivity index (χ3v) is 5.18. The number of sulfonamides is 1. The number of hydrogen-bond donors (Lipinski definition) is 1. The number of anilines is 2. The van der Waals surface area contributed by atoms with Crippen molar-refractivity contribution in [1.29, 1.82) is 0 Å². The number of nitrogens with zero attached hydrogens (tertiary/aromatic N) is 2. The highest BCUT2D eigenvalue weighted by atomic mass is 32.2. The Hall–Kier alpha value is -2.64. The molecule has 0 heterocycles. The number of hydrogen-bond acceptors (Lipinski definition) is 4. The lowest BCUT2D eigenvalue weighted by atomic mass is 10.2. The lowest BCUT2D eigenvalue weighted by Gasteiger charge is -2.15. The number of benzene rings is 2. The van der Waals surface area contributed by atoms with Gasteiger partial charge in [-0.15, -0.1) is 0 Å². The largest absolute Gasteiger partial charge is 0.378 e. The summed E-state index contributed by atoms with van der Waals surface area (Å²) in [4.78, 5) is 14.1. The maximum atomic E-state index is 12.3. The first kappa shape index (κ1) is 19.7. The van der Waals surface area contributed by atoms with E-state index in [1.54, 1.807) is 24.3 Å². The molecule has 0 aliphatic heterocycles. The molecular formula is C19H23N3O3S. The van der Waals surface area contributed by atoms with Crippen LogP contribution in [0.15, 0.2) is 60.0 Å². The van der Waals surface area contributed by atoms with Gasteiger partial charge >= 0.3 is 0 Å². The van der Waals surface area contributed by atoms with E-state index in [9.17, 15) is 13.2 Å². The van der Waals surface area contributed by atoms with E-state index < -0.39 is 15.9 Å². The van der Waals surface area contributed by atoms with E-state index in [4.69, 9.17) is 0 Å². The molecule has 0 aromatic heterocycles. The van der Waals surface area contributed by atoms with Crippen molar-refractivity contribution in [2.24, 2.45) is 0 Å². The molecule has 2 aromatic rings. The third kappa shape index (κ3) is 5.72. The summed E-state index contributed by atoms with van der Waals surface area (Å²) in [6.07, 6.45) is 1.50. The lowest BCUT2D eigenvalue weighted by molar-refractivity contribution is -0.116. The molecule has 0 saturated heterocycles. The SMILES string of the molecule is CN(C)c1ccc(NC(=O)CN(C)S(=O)(=O)/C=C/c2ccccc2)cc1. The monoisotopic (exact) mass is 373 g/mol. The fourth-order valence-electron chi connectivity index (χ4n) is 2.17. The molecule has 2 rings (SSSR count). The standard InChI is InChI=1S/C19H23N3O3S/c1-21(2)18-11-9-17(10-12-18)20-19(23)15-22(3)26(24,25)14-13-16-7-5-4-6-8-16/h4-14H,15H2,1-3H3,(H,20,23)/b14-13+. The Morgan fingerprint density at radius 1 is 1.00 bits per heavy atom. The van der Waals surface area contributed by atoms with Crippen LogP contribution in [0.3, 0.4) is 0 Å². The van der Waals surface area contributed by atoms with Crippen LogP contribution in [0.5, 0.6) is 0 Å². The first-order valence-corrected chi connectivity index (χ1v) is 9.55. The minimum Gasteiger partial charge on any atom is -0.378 e. The van der Waals surface area contributed by atoms with E-state index in [2.05, 4.69) is 5.32 Å². The van der Waals surface area contributed by atoms with Gasteiger partial charge in [0.1, 0.15) is 0 Å². The van der Waals surface area contributed by atoms with Gasteiger partial charge in [0, 0.05) is 37.9 Å². The molecule has 26 heavy (non-hydrogen) atoms. The van der Waals surface area contributed by atoms with Gasteiger partial charge in [-0.3, -0.25) is 4.79 Å². The van der Waals surface area contributed by atoms with Crippen LogP contribution in [0.25, 0.3) is 6.08 Å². The Morgan fingerprint density at radius 2 is 1.62 bits per heavy atom. The van der Waals surface area contributed by atoms with Crippen molar-refractivity contribution in [1.82, 2.24) is 4.31 Å². The summed E-state index contributed by atoms with van der Waals surface area (Å²) >= 11 is 0. The molecule has 0 atom stereocenters. The Morgan fingerprint density at radius 3 is 2.19 bits per heavy atom. The fourth-order valence-corrected chi connectivity index (χ4v) is 3.00. The molecule has 6 nitrogen and oxygen atoms in total. The Labute approximate surface area is 154 Å². The predicted octanol–water partition coefficient (Wildman–Crippen LogP) is 2.62. The van der Waals surface area contributed by atoms with Gasteiger partial charge in [-0.05, 0) is 35.9 Å². The average molecular weight is 373 g/mol. The second kappa shape index (κ2) is 8.64. The van der Waals surface area contributed by atoms with Gasteiger partial charge in [0.2, 0.25) is 15.9 Å². The van der Waals surface area contributed by atoms with E-state index in [1.807, 2.05) is 49.3 Å². The van der Waals surface area contributed by atoms with Gasteiger partial charge in [0.05, 0.1) is 6.54 Å². The number of amides is 1. The second-order valence-electron chi connectivity index (χ2n) is 6.00. The van der Waals surface area contributed by atoms with Gasteiger partial charge in [0.15, 0.2) is 0 Å². The molecule has 2 aromatic carbocycles. The molecular weight excluding hydrogens is 350 g/mol. The van der Waals surface area contributed by atoms with Crippen molar-refractivity contribution in [3.8, 4) is 0 Å². The van der Waals surface area contributed by atoms with Gasteiger partial charge in [-0.1, -0.05) is 30.3 Å². The molecule has 1 amide bonds. The summed E-state index contributed by atoms with van der Waals surface area (Å²) in [7, 11) is 1.55. The first-order chi connectivity index (χ1) is 12.3. The smallest absolute Gasteiger partial charge is 0.239 e. The van der Waals surface area contributed by atoms with E-state index >= 15 is 0 Å². The van der Waals surface area contributed by atoms with Crippen molar-refractivity contribution in [2.45, 2.75) is 0 Å². The normalized spacial score (nSPS) is 11.7. The van der Waals surface area contributed by atoms with Crippen LogP contribution >= 0.6 is 0 Å². The summed E-state index contributed by atoms with van der Waals surface area (Å²) in [5.74, 6) is -0.401. The highest BCUT2D eigenvalue weighted by Gasteiger charge is 2.17. The maximum Gasteiger partial charge on any atom is 0.239 e. The van der Waals surface area contributed by atoms with Gasteiger partial charge < -0.3 is 10.2 Å². The number of carbonyl (C=O) groups excluding carboxylic acids is 1. The number of rotatable bonds is 7. The number of nitrogens with one attached hydrogen (secondary N) is 1. The Balaban J connectivity index is 1.96. The molecule has 138 valence electrons. The summed E-state index contributed by atoms with van der Waals surface area (Å²) < 4.78 is 25.5. The van der Waals surface area contributed by atoms with Crippen LogP contribution < -0.4 is 10.2 Å². The number of likely N-dealkylation sites (N-methyl/N-ethyl adjacent to an activating group) is 1. The quantitative estimate of drug-likeness (QED) is 0.810. The molecule has 1 N–H and O–H groups in total. The average Bonchev–Trinajstić information content (AvgIpc) is 2.61. The molecule has 0 aliphatic carbocycles. The fraction of sp³-hybridized carbons (Fsp3) is 0.211. The van der Waals surface area contributed by atoms with Gasteiger partial charge in [0.25, 0.3) is 0 Å². The van der Waals surface area contributed by atoms with Crippen molar-refractivity contribution >= 4 is 33.4 Å².